The zero-order chi connectivity index (χ0) is 13.1. The predicted octanol–water partition coefficient (Wildman–Crippen LogP) is -0.588. The Balaban J connectivity index is 2.02. The number of hydrogen-bond acceptors (Lipinski definition) is 5. The van der Waals surface area contributed by atoms with Crippen molar-refractivity contribution in [1.29, 1.82) is 0 Å². The Bertz CT molecular complexity index is 597. The maximum atomic E-state index is 12.5. The third-order valence-corrected chi connectivity index (χ3v) is 7.08. The van der Waals surface area contributed by atoms with Gasteiger partial charge in [-0.05, 0) is 13.8 Å². The first-order valence-electron chi connectivity index (χ1n) is 5.76. The van der Waals surface area contributed by atoms with E-state index in [4.69, 9.17) is 0 Å². The fraction of sp³-hybridized carbons (Fsp3) is 0.700. The van der Waals surface area contributed by atoms with Crippen molar-refractivity contribution in [2.75, 3.05) is 0 Å². The fourth-order valence-corrected chi connectivity index (χ4v) is 5.31. The number of β-lactam (4-membered cyclic amide) rings is 1. The number of hydrogen-bond donors (Lipinski definition) is 0. The smallest absolute Gasteiger partial charge is 0.227 e. The molecule has 0 aliphatic carbocycles. The zero-order valence-electron chi connectivity index (χ0n) is 10.1. The van der Waals surface area contributed by atoms with Gasteiger partial charge in [0.25, 0.3) is 0 Å². The maximum Gasteiger partial charge on any atom is 0.227 e. The van der Waals surface area contributed by atoms with Crippen LogP contribution in [0.5, 0.6) is 0 Å². The minimum atomic E-state index is -3.37. The van der Waals surface area contributed by atoms with Crippen LogP contribution in [0.25, 0.3) is 0 Å². The molecule has 2 saturated heterocycles. The van der Waals surface area contributed by atoms with E-state index in [0.717, 1.165) is 0 Å². The monoisotopic (exact) mass is 270 g/mol. The van der Waals surface area contributed by atoms with E-state index >= 15 is 0 Å². The fourth-order valence-electron chi connectivity index (χ4n) is 2.83. The Kier molecular flexibility index (Phi) is 2.14. The number of carbonyl (C=O) groups excluding carboxylic acids is 1. The molecule has 1 amide bonds. The van der Waals surface area contributed by atoms with E-state index in [1.54, 1.807) is 20.0 Å². The van der Waals surface area contributed by atoms with Crippen LogP contribution in [0.4, 0.5) is 0 Å². The number of carbonyl (C=O) groups is 1. The molecule has 3 heterocycles. The van der Waals surface area contributed by atoms with E-state index in [9.17, 15) is 13.2 Å². The van der Waals surface area contributed by atoms with Crippen molar-refractivity contribution in [1.82, 2.24) is 19.9 Å². The van der Waals surface area contributed by atoms with Gasteiger partial charge >= 0.3 is 0 Å². The normalized spacial score (nSPS) is 37.4. The predicted molar refractivity (Wildman–Crippen MR) is 62.1 cm³/mol. The van der Waals surface area contributed by atoms with E-state index in [0.29, 0.717) is 0 Å². The molecule has 2 aliphatic rings. The molecule has 2 unspecified atom stereocenters. The third-order valence-electron chi connectivity index (χ3n) is 4.20. The van der Waals surface area contributed by atoms with Gasteiger partial charge in [0.15, 0.2) is 9.84 Å². The highest BCUT2D eigenvalue weighted by atomic mass is 32.2. The highest BCUT2D eigenvalue weighted by molar-refractivity contribution is 7.93. The molecule has 0 bridgehead atoms. The van der Waals surface area contributed by atoms with E-state index in [2.05, 4.69) is 10.3 Å². The molecule has 1 aromatic rings. The lowest BCUT2D eigenvalue weighted by Crippen LogP contribution is -2.53. The molecular formula is C10H14N4O3S. The first-order chi connectivity index (χ1) is 8.38. The molecule has 0 radical (unpaired) electrons. The Morgan fingerprint density at radius 2 is 2.28 bits per heavy atom. The quantitative estimate of drug-likeness (QED) is 0.671. The van der Waals surface area contributed by atoms with Crippen LogP contribution in [0.3, 0.4) is 0 Å². The van der Waals surface area contributed by atoms with Crippen LogP contribution >= 0.6 is 0 Å². The summed E-state index contributed by atoms with van der Waals surface area (Å²) < 4.78 is 25.5. The molecule has 7 nitrogen and oxygen atoms in total. The lowest BCUT2D eigenvalue weighted by atomic mass is 9.98. The first-order valence-corrected chi connectivity index (χ1v) is 7.31. The maximum absolute atomic E-state index is 12.5. The molecule has 0 spiro atoms. The second kappa shape index (κ2) is 3.31. The highest BCUT2D eigenvalue weighted by Gasteiger charge is 2.65. The van der Waals surface area contributed by atoms with Crippen LogP contribution in [0, 0.1) is 0 Å². The van der Waals surface area contributed by atoms with Gasteiger partial charge in [-0.3, -0.25) is 9.48 Å². The third kappa shape index (κ3) is 1.18. The summed E-state index contributed by atoms with van der Waals surface area (Å²) in [5, 5.41) is 6.84. The van der Waals surface area contributed by atoms with Gasteiger partial charge in [0.05, 0.1) is 25.2 Å². The van der Waals surface area contributed by atoms with Crippen molar-refractivity contribution < 1.29 is 13.2 Å². The lowest BCUT2D eigenvalue weighted by molar-refractivity contribution is -0.144. The number of amides is 1. The average molecular weight is 270 g/mol. The molecule has 8 heteroatoms. The molecule has 3 rings (SSSR count). The van der Waals surface area contributed by atoms with Gasteiger partial charge in [-0.25, -0.2) is 8.42 Å². The van der Waals surface area contributed by atoms with Gasteiger partial charge in [0, 0.05) is 6.20 Å². The number of sulfone groups is 1. The van der Waals surface area contributed by atoms with Crippen LogP contribution < -0.4 is 0 Å². The Labute approximate surface area is 105 Å². The molecule has 98 valence electrons. The number of nitrogens with zero attached hydrogens (tertiary/aromatic N) is 4. The summed E-state index contributed by atoms with van der Waals surface area (Å²) in [7, 11) is -3.37. The lowest BCUT2D eigenvalue weighted by Gasteiger charge is -2.36. The van der Waals surface area contributed by atoms with Gasteiger partial charge in [0.2, 0.25) is 5.91 Å². The summed E-state index contributed by atoms with van der Waals surface area (Å²) in [6.45, 7) is 3.68. The van der Waals surface area contributed by atoms with Gasteiger partial charge in [-0.15, -0.1) is 5.10 Å². The summed E-state index contributed by atoms with van der Waals surface area (Å²) in [6, 6.07) is -0.335. The Morgan fingerprint density at radius 3 is 2.78 bits per heavy atom. The van der Waals surface area contributed by atoms with Crippen LogP contribution in [0.2, 0.25) is 0 Å². The zero-order valence-corrected chi connectivity index (χ0v) is 11.0. The molecular weight excluding hydrogens is 256 g/mol. The van der Waals surface area contributed by atoms with Crippen molar-refractivity contribution in [3.63, 3.8) is 0 Å². The molecule has 3 atom stereocenters. The molecule has 0 N–H and O–H groups in total. The minimum absolute atomic E-state index is 0.0848. The van der Waals surface area contributed by atoms with Crippen molar-refractivity contribution in [2.45, 2.75) is 43.0 Å². The second-order valence-corrected chi connectivity index (χ2v) is 7.66. The average Bonchev–Trinajstić information content (AvgIpc) is 2.80. The summed E-state index contributed by atoms with van der Waals surface area (Å²) in [5.41, 5.74) is 0. The van der Waals surface area contributed by atoms with Crippen LogP contribution in [0.15, 0.2) is 12.4 Å². The first kappa shape index (κ1) is 11.6. The van der Waals surface area contributed by atoms with E-state index in [1.807, 2.05) is 0 Å². The summed E-state index contributed by atoms with van der Waals surface area (Å²) in [4.78, 5) is 13.0. The van der Waals surface area contributed by atoms with Crippen LogP contribution in [-0.4, -0.2) is 50.4 Å². The SMILES string of the molecule is CC1N2C(=O)CC2S(=O)(=O)[C@@]1(C)Cn1ccnn1. The molecule has 2 fully saturated rings. The second-order valence-electron chi connectivity index (χ2n) is 5.09. The van der Waals surface area contributed by atoms with Crippen molar-refractivity contribution in [3.8, 4) is 0 Å². The summed E-state index contributed by atoms with van der Waals surface area (Å²) in [6.07, 6.45) is 3.25. The molecule has 18 heavy (non-hydrogen) atoms. The standard InChI is InChI=1S/C10H14N4O3S/c1-7-10(2,6-13-4-3-11-12-13)18(16,17)9-5-8(15)14(7)9/h3-4,7,9H,5-6H2,1-2H3/t7?,9?,10-/m0/s1. The largest absolute Gasteiger partial charge is 0.321 e. The molecule has 1 aromatic heterocycles. The number of aromatic nitrogens is 3. The van der Waals surface area contributed by atoms with Gasteiger partial charge in [-0.1, -0.05) is 5.21 Å². The van der Waals surface area contributed by atoms with Crippen LogP contribution in [0.1, 0.15) is 20.3 Å². The van der Waals surface area contributed by atoms with Crippen molar-refractivity contribution in [2.24, 2.45) is 0 Å². The van der Waals surface area contributed by atoms with Crippen molar-refractivity contribution in [3.05, 3.63) is 12.4 Å². The van der Waals surface area contributed by atoms with Gasteiger partial charge in [0.1, 0.15) is 10.1 Å². The molecule has 0 aromatic carbocycles. The van der Waals surface area contributed by atoms with E-state index in [-0.39, 0.29) is 24.9 Å². The Morgan fingerprint density at radius 1 is 1.56 bits per heavy atom. The molecule has 2 aliphatic heterocycles. The number of fused-ring (bicyclic) bond motifs is 1. The van der Waals surface area contributed by atoms with Crippen LogP contribution in [-0.2, 0) is 21.2 Å². The molecule has 0 saturated carbocycles. The van der Waals surface area contributed by atoms with E-state index < -0.39 is 20.0 Å². The van der Waals surface area contributed by atoms with Gasteiger partial charge < -0.3 is 4.90 Å². The van der Waals surface area contributed by atoms with Crippen molar-refractivity contribution >= 4 is 15.7 Å². The number of rotatable bonds is 2. The van der Waals surface area contributed by atoms with Gasteiger partial charge in [-0.2, -0.15) is 0 Å². The minimum Gasteiger partial charge on any atom is -0.321 e. The highest BCUT2D eigenvalue weighted by Crippen LogP contribution is 2.46. The topological polar surface area (TPSA) is 85.2 Å². The summed E-state index contributed by atoms with van der Waals surface area (Å²) in [5.74, 6) is -0.0848. The summed E-state index contributed by atoms with van der Waals surface area (Å²) >= 11 is 0. The Hall–Kier alpha value is -1.44. The van der Waals surface area contributed by atoms with E-state index in [1.165, 1.54) is 15.8 Å².